The highest BCUT2D eigenvalue weighted by Gasteiger charge is 2.44. The minimum Gasteiger partial charge on any atom is -0.463 e. The molecule has 0 aliphatic heterocycles. The molecule has 1 rings (SSSR count). The summed E-state index contributed by atoms with van der Waals surface area (Å²) in [5, 5.41) is 1.07. The molecule has 6 heteroatoms. The Morgan fingerprint density at radius 2 is 1.64 bits per heavy atom. The van der Waals surface area contributed by atoms with Gasteiger partial charge >= 0.3 is 5.97 Å². The monoisotopic (exact) mass is 460 g/mol. The van der Waals surface area contributed by atoms with Crippen molar-refractivity contribution in [1.29, 1.82) is 0 Å². The third-order valence-corrected chi connectivity index (χ3v) is 18.5. The maximum absolute atomic E-state index is 11.8. The molecule has 1 aromatic rings. The number of hydrogen-bond acceptors (Lipinski definition) is 3. The van der Waals surface area contributed by atoms with Gasteiger partial charge < -0.3 is 4.74 Å². The highest BCUT2D eigenvalue weighted by molar-refractivity contribution is 8.29. The largest absolute Gasteiger partial charge is 0.463 e. The molecule has 0 saturated carbocycles. The first-order valence-corrected chi connectivity index (χ1v) is 14.6. The van der Waals surface area contributed by atoms with E-state index in [4.69, 9.17) is 27.9 Å². The fourth-order valence-corrected chi connectivity index (χ4v) is 13.8. The summed E-state index contributed by atoms with van der Waals surface area (Å²) in [6, 6.07) is 3.97. The molecule has 0 aliphatic carbocycles. The third kappa shape index (κ3) is 6.29. The molecule has 0 N–H and O–H groups in total. The molecule has 2 nitrogen and oxygen atoms in total. The van der Waals surface area contributed by atoms with Crippen molar-refractivity contribution in [1.82, 2.24) is 0 Å². The van der Waals surface area contributed by atoms with Crippen LogP contribution >= 0.6 is 34.4 Å². The first-order valence-electron chi connectivity index (χ1n) is 10.1. The minimum atomic E-state index is -1.71. The van der Waals surface area contributed by atoms with Crippen molar-refractivity contribution in [3.05, 3.63) is 33.8 Å². The SMILES string of the molecule is CCCCOC(=O)C=Cc1ccc(S[Si](C(C)C)(C(C)C)C(C)C)c(Cl)c1Cl. The molecule has 1 aromatic carbocycles. The van der Waals surface area contributed by atoms with E-state index in [1.54, 1.807) is 6.08 Å². The Hall–Kier alpha value is -0.423. The van der Waals surface area contributed by atoms with Crippen LogP contribution in [0.15, 0.2) is 23.1 Å². The molecule has 0 amide bonds. The van der Waals surface area contributed by atoms with Crippen LogP contribution in [-0.2, 0) is 9.53 Å². The molecule has 0 unspecified atom stereocenters. The van der Waals surface area contributed by atoms with Crippen LogP contribution in [0.1, 0.15) is 66.9 Å². The average molecular weight is 462 g/mol. The third-order valence-electron chi connectivity index (χ3n) is 5.21. The zero-order valence-electron chi connectivity index (χ0n) is 18.1. The predicted molar refractivity (Wildman–Crippen MR) is 128 cm³/mol. The maximum Gasteiger partial charge on any atom is 0.330 e. The normalized spacial score (nSPS) is 12.6. The predicted octanol–water partition coefficient (Wildman–Crippen LogP) is 8.62. The van der Waals surface area contributed by atoms with Crippen molar-refractivity contribution in [2.24, 2.45) is 0 Å². The van der Waals surface area contributed by atoms with Crippen LogP contribution in [0.5, 0.6) is 0 Å². The van der Waals surface area contributed by atoms with Crippen LogP contribution in [-0.4, -0.2) is 19.8 Å². The van der Waals surface area contributed by atoms with Crippen LogP contribution < -0.4 is 0 Å². The summed E-state index contributed by atoms with van der Waals surface area (Å²) >= 11 is 15.2. The summed E-state index contributed by atoms with van der Waals surface area (Å²) in [4.78, 5) is 12.8. The van der Waals surface area contributed by atoms with E-state index in [-0.39, 0.29) is 5.97 Å². The van der Waals surface area contributed by atoms with Gasteiger partial charge in [0.05, 0.1) is 16.7 Å². The Labute approximate surface area is 186 Å². The number of hydrogen-bond donors (Lipinski definition) is 0. The van der Waals surface area contributed by atoms with Gasteiger partial charge in [-0.3, -0.25) is 0 Å². The number of carbonyl (C=O) groups is 1. The number of ether oxygens (including phenoxy) is 1. The van der Waals surface area contributed by atoms with E-state index in [2.05, 4.69) is 48.5 Å². The molecule has 28 heavy (non-hydrogen) atoms. The fraction of sp³-hybridized carbons (Fsp3) is 0.591. The number of rotatable bonds is 10. The van der Waals surface area contributed by atoms with Crippen molar-refractivity contribution in [2.45, 2.75) is 82.8 Å². The summed E-state index contributed by atoms with van der Waals surface area (Å²) in [6.45, 7) is 16.5. The van der Waals surface area contributed by atoms with Crippen molar-refractivity contribution in [3.63, 3.8) is 0 Å². The lowest BCUT2D eigenvalue weighted by Gasteiger charge is -2.42. The van der Waals surface area contributed by atoms with Crippen molar-refractivity contribution < 1.29 is 9.53 Å². The standard InChI is InChI=1S/C22H34Cl2O2SSi/c1-8-9-14-26-20(25)13-11-18-10-12-19(22(24)21(18)23)27-28(15(2)3,16(4)5)17(6)7/h10-13,15-17H,8-9,14H2,1-7H3. The highest BCUT2D eigenvalue weighted by atomic mass is 35.5. The molecule has 0 aromatic heterocycles. The lowest BCUT2D eigenvalue weighted by atomic mass is 10.2. The molecule has 0 radical (unpaired) electrons. The van der Waals surface area contributed by atoms with Gasteiger partial charge in [-0.15, -0.1) is 11.2 Å². The Kier molecular flexibility index (Phi) is 10.7. The van der Waals surface area contributed by atoms with Crippen molar-refractivity contribution in [2.75, 3.05) is 6.61 Å². The van der Waals surface area contributed by atoms with Gasteiger partial charge in [-0.25, -0.2) is 4.79 Å². The first-order chi connectivity index (χ1) is 13.1. The molecule has 0 atom stereocenters. The van der Waals surface area contributed by atoms with E-state index in [0.29, 0.717) is 33.3 Å². The van der Waals surface area contributed by atoms with Crippen LogP contribution in [0.2, 0.25) is 26.7 Å². The molecular weight excluding hydrogens is 427 g/mol. The van der Waals surface area contributed by atoms with Gasteiger partial charge in [0, 0.05) is 11.0 Å². The summed E-state index contributed by atoms with van der Waals surface area (Å²) < 4.78 is 5.14. The molecular formula is C22H34Cl2O2SSi. The zero-order valence-corrected chi connectivity index (χ0v) is 21.5. The topological polar surface area (TPSA) is 26.3 Å². The van der Waals surface area contributed by atoms with E-state index in [1.807, 2.05) is 23.3 Å². The van der Waals surface area contributed by atoms with E-state index in [9.17, 15) is 4.79 Å². The lowest BCUT2D eigenvalue weighted by molar-refractivity contribution is -0.137. The van der Waals surface area contributed by atoms with Crippen LogP contribution in [0, 0.1) is 0 Å². The second kappa shape index (κ2) is 11.7. The quantitative estimate of drug-likeness (QED) is 0.151. The lowest BCUT2D eigenvalue weighted by Crippen LogP contribution is -2.41. The number of carbonyl (C=O) groups excluding carboxylic acids is 1. The Morgan fingerprint density at radius 3 is 2.14 bits per heavy atom. The Bertz CT molecular complexity index is 666. The number of benzene rings is 1. The molecule has 0 fully saturated rings. The number of unbranched alkanes of at least 4 members (excludes halogenated alkanes) is 1. The van der Waals surface area contributed by atoms with Crippen LogP contribution in [0.4, 0.5) is 0 Å². The number of halogens is 2. The van der Waals surface area contributed by atoms with Crippen LogP contribution in [0.25, 0.3) is 6.08 Å². The van der Waals surface area contributed by atoms with Gasteiger partial charge in [0.15, 0.2) is 0 Å². The maximum atomic E-state index is 11.8. The summed E-state index contributed by atoms with van der Waals surface area (Å²) in [6.07, 6.45) is 4.95. The number of esters is 1. The van der Waals surface area contributed by atoms with Gasteiger partial charge in [-0.2, -0.15) is 0 Å². The van der Waals surface area contributed by atoms with E-state index < -0.39 is 7.22 Å². The van der Waals surface area contributed by atoms with Crippen molar-refractivity contribution in [3.8, 4) is 0 Å². The van der Waals surface area contributed by atoms with Crippen molar-refractivity contribution >= 4 is 53.7 Å². The van der Waals surface area contributed by atoms with Gasteiger partial charge in [0.25, 0.3) is 0 Å². The summed E-state index contributed by atoms with van der Waals surface area (Å²) in [5.41, 5.74) is 2.58. The zero-order chi connectivity index (χ0) is 21.5. The van der Waals surface area contributed by atoms with E-state index >= 15 is 0 Å². The minimum absolute atomic E-state index is 0.357. The van der Waals surface area contributed by atoms with E-state index in [1.165, 1.54) is 6.08 Å². The molecule has 0 saturated heterocycles. The first kappa shape index (κ1) is 25.6. The summed E-state index contributed by atoms with van der Waals surface area (Å²) in [7, 11) is -1.71. The smallest absolute Gasteiger partial charge is 0.330 e. The summed E-state index contributed by atoms with van der Waals surface area (Å²) in [5.74, 6) is -0.357. The average Bonchev–Trinajstić information content (AvgIpc) is 2.61. The second-order valence-corrected chi connectivity index (χ2v) is 17.4. The Morgan fingerprint density at radius 1 is 1.07 bits per heavy atom. The molecule has 0 spiro atoms. The van der Waals surface area contributed by atoms with Gasteiger partial charge in [-0.05, 0) is 40.8 Å². The highest BCUT2D eigenvalue weighted by Crippen LogP contribution is 2.53. The van der Waals surface area contributed by atoms with Gasteiger partial charge in [0.1, 0.15) is 7.22 Å². The molecule has 0 heterocycles. The van der Waals surface area contributed by atoms with E-state index in [0.717, 1.165) is 23.3 Å². The molecule has 0 aliphatic rings. The van der Waals surface area contributed by atoms with Gasteiger partial charge in [-0.1, -0.05) is 84.2 Å². The molecule has 158 valence electrons. The second-order valence-electron chi connectivity index (χ2n) is 8.05. The van der Waals surface area contributed by atoms with Crippen LogP contribution in [0.3, 0.4) is 0 Å². The van der Waals surface area contributed by atoms with Gasteiger partial charge in [0.2, 0.25) is 0 Å². The Balaban J connectivity index is 3.10. The molecule has 0 bridgehead atoms. The fourth-order valence-electron chi connectivity index (χ4n) is 3.82.